The lowest BCUT2D eigenvalue weighted by Crippen LogP contribution is -2.33. The summed E-state index contributed by atoms with van der Waals surface area (Å²) in [6.07, 6.45) is 2.01. The number of hydrogen-bond acceptors (Lipinski definition) is 3. The third-order valence-electron chi connectivity index (χ3n) is 3.40. The number of amides is 1. The summed E-state index contributed by atoms with van der Waals surface area (Å²) in [4.78, 5) is 27.0. The van der Waals surface area contributed by atoms with Crippen molar-refractivity contribution in [2.24, 2.45) is 0 Å². The second-order valence-electron chi connectivity index (χ2n) is 5.13. The van der Waals surface area contributed by atoms with Gasteiger partial charge >= 0.3 is 0 Å². The lowest BCUT2D eigenvalue weighted by Gasteiger charge is -2.13. The van der Waals surface area contributed by atoms with E-state index in [2.05, 4.69) is 10.3 Å². The average Bonchev–Trinajstić information content (AvgIpc) is 2.73. The van der Waals surface area contributed by atoms with Crippen molar-refractivity contribution in [3.05, 3.63) is 22.5 Å². The smallest absolute Gasteiger partial charge is 0.268 e. The van der Waals surface area contributed by atoms with E-state index in [1.54, 1.807) is 0 Å². The number of ketones is 1. The van der Waals surface area contributed by atoms with Crippen LogP contribution in [0.15, 0.2) is 0 Å². The maximum absolute atomic E-state index is 12.3. The monoisotopic (exact) mass is 280 g/mol. The van der Waals surface area contributed by atoms with Crippen LogP contribution in [-0.4, -0.2) is 34.4 Å². The molecular weight excluding hydrogens is 256 g/mol. The number of carbonyl (C=O) groups excluding carboxylic acids is 2. The SMILES string of the molecule is CCc1c(C(=O)NC(C)CCCO)[nH]c(C)c1C(C)=O. The first-order chi connectivity index (χ1) is 9.42. The molecule has 0 aliphatic carbocycles. The Bertz CT molecular complexity index is 492. The van der Waals surface area contributed by atoms with E-state index in [4.69, 9.17) is 5.11 Å². The van der Waals surface area contributed by atoms with Gasteiger partial charge in [0.2, 0.25) is 0 Å². The number of Topliss-reactive ketones (excluding diaryl/α,β-unsaturated/α-hetero) is 1. The Morgan fingerprint density at radius 1 is 1.40 bits per heavy atom. The van der Waals surface area contributed by atoms with Crippen molar-refractivity contribution in [2.45, 2.75) is 53.0 Å². The van der Waals surface area contributed by atoms with Crippen LogP contribution in [0.3, 0.4) is 0 Å². The number of carbonyl (C=O) groups is 2. The van der Waals surface area contributed by atoms with E-state index in [0.717, 1.165) is 17.7 Å². The second-order valence-corrected chi connectivity index (χ2v) is 5.13. The Labute approximate surface area is 119 Å². The van der Waals surface area contributed by atoms with Gasteiger partial charge in [0.05, 0.1) is 0 Å². The van der Waals surface area contributed by atoms with Crippen molar-refractivity contribution >= 4 is 11.7 Å². The molecule has 1 atom stereocenters. The molecule has 0 fully saturated rings. The van der Waals surface area contributed by atoms with E-state index in [9.17, 15) is 9.59 Å². The number of aromatic amines is 1. The molecule has 0 radical (unpaired) electrons. The number of aryl methyl sites for hydroxylation is 1. The first-order valence-electron chi connectivity index (χ1n) is 7.06. The van der Waals surface area contributed by atoms with Crippen LogP contribution in [0.4, 0.5) is 0 Å². The van der Waals surface area contributed by atoms with E-state index in [0.29, 0.717) is 24.1 Å². The van der Waals surface area contributed by atoms with Gasteiger partial charge in [-0.1, -0.05) is 6.92 Å². The minimum atomic E-state index is -0.192. The minimum Gasteiger partial charge on any atom is -0.396 e. The van der Waals surface area contributed by atoms with Crippen LogP contribution in [0.1, 0.15) is 65.7 Å². The number of aliphatic hydroxyl groups is 1. The largest absolute Gasteiger partial charge is 0.396 e. The Balaban J connectivity index is 2.93. The lowest BCUT2D eigenvalue weighted by molar-refractivity contribution is 0.0930. The van der Waals surface area contributed by atoms with Crippen molar-refractivity contribution in [1.29, 1.82) is 0 Å². The number of aromatic nitrogens is 1. The Hall–Kier alpha value is -1.62. The first-order valence-corrected chi connectivity index (χ1v) is 7.06. The quantitative estimate of drug-likeness (QED) is 0.668. The standard InChI is InChI=1S/C15H24N2O3/c1-5-12-13(11(4)19)10(3)17-14(12)15(20)16-9(2)7-6-8-18/h9,17-18H,5-8H2,1-4H3,(H,16,20). The van der Waals surface area contributed by atoms with Crippen LogP contribution in [0.2, 0.25) is 0 Å². The van der Waals surface area contributed by atoms with Gasteiger partial charge in [0, 0.05) is 23.9 Å². The summed E-state index contributed by atoms with van der Waals surface area (Å²) in [5, 5.41) is 11.7. The molecule has 1 rings (SSSR count). The average molecular weight is 280 g/mol. The van der Waals surface area contributed by atoms with Crippen LogP contribution in [0.25, 0.3) is 0 Å². The number of H-pyrrole nitrogens is 1. The van der Waals surface area contributed by atoms with Gasteiger partial charge in [-0.15, -0.1) is 0 Å². The highest BCUT2D eigenvalue weighted by atomic mass is 16.3. The normalized spacial score (nSPS) is 12.2. The fourth-order valence-corrected chi connectivity index (χ4v) is 2.47. The lowest BCUT2D eigenvalue weighted by atomic mass is 10.0. The molecule has 0 saturated heterocycles. The number of aliphatic hydroxyl groups excluding tert-OH is 1. The Kier molecular flexibility index (Phi) is 5.95. The maximum atomic E-state index is 12.3. The number of nitrogens with one attached hydrogen (secondary N) is 2. The molecule has 1 aromatic rings. The second kappa shape index (κ2) is 7.24. The summed E-state index contributed by atoms with van der Waals surface area (Å²) in [5.74, 6) is -0.217. The van der Waals surface area contributed by atoms with Crippen LogP contribution in [0, 0.1) is 6.92 Å². The predicted octanol–water partition coefficient (Wildman–Crippen LogP) is 1.98. The van der Waals surface area contributed by atoms with Crippen LogP contribution in [-0.2, 0) is 6.42 Å². The molecule has 5 heteroatoms. The fraction of sp³-hybridized carbons (Fsp3) is 0.600. The molecule has 1 unspecified atom stereocenters. The summed E-state index contributed by atoms with van der Waals surface area (Å²) in [5.41, 5.74) is 2.62. The van der Waals surface area contributed by atoms with Gasteiger partial charge in [0.1, 0.15) is 5.69 Å². The predicted molar refractivity (Wildman–Crippen MR) is 78.2 cm³/mol. The fourth-order valence-electron chi connectivity index (χ4n) is 2.47. The summed E-state index contributed by atoms with van der Waals surface area (Å²) >= 11 is 0. The van der Waals surface area contributed by atoms with Crippen LogP contribution < -0.4 is 5.32 Å². The molecular formula is C15H24N2O3. The van der Waals surface area contributed by atoms with Gasteiger partial charge in [0.15, 0.2) is 5.78 Å². The molecule has 20 heavy (non-hydrogen) atoms. The summed E-state index contributed by atoms with van der Waals surface area (Å²) in [6, 6.07) is -0.0104. The van der Waals surface area contributed by atoms with Gasteiger partial charge in [-0.2, -0.15) is 0 Å². The molecule has 5 nitrogen and oxygen atoms in total. The van der Waals surface area contributed by atoms with E-state index in [1.807, 2.05) is 20.8 Å². The molecule has 1 aromatic heterocycles. The van der Waals surface area contributed by atoms with Crippen LogP contribution >= 0.6 is 0 Å². The molecule has 0 aliphatic rings. The molecule has 0 aromatic carbocycles. The number of hydrogen-bond donors (Lipinski definition) is 3. The van der Waals surface area contributed by atoms with E-state index >= 15 is 0 Å². The van der Waals surface area contributed by atoms with E-state index < -0.39 is 0 Å². The molecule has 1 heterocycles. The van der Waals surface area contributed by atoms with Gasteiger partial charge in [0.25, 0.3) is 5.91 Å². The summed E-state index contributed by atoms with van der Waals surface area (Å²) in [7, 11) is 0. The molecule has 0 saturated carbocycles. The van der Waals surface area contributed by atoms with E-state index in [-0.39, 0.29) is 24.3 Å². The summed E-state index contributed by atoms with van der Waals surface area (Å²) < 4.78 is 0. The van der Waals surface area contributed by atoms with Gasteiger partial charge in [-0.05, 0) is 45.6 Å². The van der Waals surface area contributed by atoms with Gasteiger partial charge in [-0.25, -0.2) is 0 Å². The third kappa shape index (κ3) is 3.70. The zero-order valence-corrected chi connectivity index (χ0v) is 12.7. The van der Waals surface area contributed by atoms with Crippen molar-refractivity contribution in [1.82, 2.24) is 10.3 Å². The molecule has 0 aliphatic heterocycles. The zero-order chi connectivity index (χ0) is 15.3. The third-order valence-corrected chi connectivity index (χ3v) is 3.40. The molecule has 0 spiro atoms. The highest BCUT2D eigenvalue weighted by Gasteiger charge is 2.22. The Morgan fingerprint density at radius 2 is 2.05 bits per heavy atom. The van der Waals surface area contributed by atoms with Crippen molar-refractivity contribution in [3.8, 4) is 0 Å². The molecule has 1 amide bonds. The minimum absolute atomic E-state index is 0.0104. The topological polar surface area (TPSA) is 82.2 Å². The van der Waals surface area contributed by atoms with Crippen molar-refractivity contribution < 1.29 is 14.7 Å². The first kappa shape index (κ1) is 16.4. The van der Waals surface area contributed by atoms with Crippen LogP contribution in [0.5, 0.6) is 0 Å². The van der Waals surface area contributed by atoms with Crippen molar-refractivity contribution in [3.63, 3.8) is 0 Å². The van der Waals surface area contributed by atoms with E-state index in [1.165, 1.54) is 6.92 Å². The molecule has 3 N–H and O–H groups in total. The van der Waals surface area contributed by atoms with Crippen molar-refractivity contribution in [2.75, 3.05) is 6.61 Å². The number of rotatable bonds is 7. The van der Waals surface area contributed by atoms with Gasteiger partial charge < -0.3 is 15.4 Å². The van der Waals surface area contributed by atoms with Gasteiger partial charge in [-0.3, -0.25) is 9.59 Å². The maximum Gasteiger partial charge on any atom is 0.268 e. The molecule has 112 valence electrons. The highest BCUT2D eigenvalue weighted by molar-refractivity contribution is 6.02. The zero-order valence-electron chi connectivity index (χ0n) is 12.7. The summed E-state index contributed by atoms with van der Waals surface area (Å²) in [6.45, 7) is 7.28. The highest BCUT2D eigenvalue weighted by Crippen LogP contribution is 2.20. The molecule has 0 bridgehead atoms. The Morgan fingerprint density at radius 3 is 2.55 bits per heavy atom.